The van der Waals surface area contributed by atoms with Crippen molar-refractivity contribution in [3.63, 3.8) is 0 Å². The lowest BCUT2D eigenvalue weighted by Gasteiger charge is -2.39. The Kier molecular flexibility index (Phi) is 6.46. The number of amides is 1. The third-order valence-corrected chi connectivity index (χ3v) is 4.76. The maximum Gasteiger partial charge on any atom is 0.408 e. The number of rotatable bonds is 5. The van der Waals surface area contributed by atoms with Crippen LogP contribution in [0, 0.1) is 0 Å². The number of hydrogen-bond acceptors (Lipinski definition) is 3. The molecule has 2 unspecified atom stereocenters. The van der Waals surface area contributed by atoms with Crippen LogP contribution in [0.5, 0.6) is 0 Å². The Morgan fingerprint density at radius 1 is 1.20 bits per heavy atom. The highest BCUT2D eigenvalue weighted by atomic mass is 19.4. The van der Waals surface area contributed by atoms with E-state index in [1.807, 2.05) is 0 Å². The zero-order valence-electron chi connectivity index (χ0n) is 14.7. The standard InChI is InChI=1S/C18H26F3N3O/c1-3-23(4-2)11-13-5-7-14(8-6-13)17(25)24-12-15(22)9-10-16(24)18(19,20)21/h5-8,15-16H,3-4,9-12,22H2,1-2H3. The minimum Gasteiger partial charge on any atom is -0.326 e. The number of carbonyl (C=O) groups is 1. The van der Waals surface area contributed by atoms with Crippen LogP contribution < -0.4 is 5.73 Å². The fraction of sp³-hybridized carbons (Fsp3) is 0.611. The van der Waals surface area contributed by atoms with Crippen LogP contribution in [0.15, 0.2) is 24.3 Å². The number of nitrogens with zero attached hydrogens (tertiary/aromatic N) is 2. The molecular formula is C18H26F3N3O. The monoisotopic (exact) mass is 357 g/mol. The van der Waals surface area contributed by atoms with Crippen molar-refractivity contribution in [1.29, 1.82) is 0 Å². The van der Waals surface area contributed by atoms with Gasteiger partial charge in [0.05, 0.1) is 0 Å². The van der Waals surface area contributed by atoms with Crippen LogP contribution >= 0.6 is 0 Å². The van der Waals surface area contributed by atoms with Crippen molar-refractivity contribution in [1.82, 2.24) is 9.80 Å². The quantitative estimate of drug-likeness (QED) is 0.881. The molecule has 0 saturated carbocycles. The first kappa shape index (κ1) is 19.7. The summed E-state index contributed by atoms with van der Waals surface area (Å²) in [6.45, 7) is 6.65. The molecule has 1 fully saturated rings. The highest BCUT2D eigenvalue weighted by molar-refractivity contribution is 5.94. The van der Waals surface area contributed by atoms with Gasteiger partial charge < -0.3 is 10.6 Å². The summed E-state index contributed by atoms with van der Waals surface area (Å²) in [5.41, 5.74) is 7.09. The van der Waals surface area contributed by atoms with Crippen LogP contribution in [0.25, 0.3) is 0 Å². The van der Waals surface area contributed by atoms with E-state index in [-0.39, 0.29) is 24.9 Å². The van der Waals surface area contributed by atoms with Crippen molar-refractivity contribution in [3.8, 4) is 0 Å². The zero-order valence-corrected chi connectivity index (χ0v) is 14.7. The lowest BCUT2D eigenvalue weighted by atomic mass is 9.97. The molecule has 1 amide bonds. The normalized spacial score (nSPS) is 21.6. The van der Waals surface area contributed by atoms with Gasteiger partial charge in [0, 0.05) is 24.7 Å². The topological polar surface area (TPSA) is 49.6 Å². The Labute approximate surface area is 146 Å². The summed E-state index contributed by atoms with van der Waals surface area (Å²) in [5.74, 6) is -0.605. The van der Waals surface area contributed by atoms with Gasteiger partial charge in [0.2, 0.25) is 0 Å². The zero-order chi connectivity index (χ0) is 18.6. The predicted octanol–water partition coefficient (Wildman–Crippen LogP) is 3.02. The highest BCUT2D eigenvalue weighted by Gasteiger charge is 2.47. The molecule has 1 aromatic rings. The Bertz CT molecular complexity index is 570. The van der Waals surface area contributed by atoms with Crippen molar-refractivity contribution < 1.29 is 18.0 Å². The molecule has 0 radical (unpaired) electrons. The first-order valence-corrected chi connectivity index (χ1v) is 8.70. The van der Waals surface area contributed by atoms with Crippen LogP contribution in [0.2, 0.25) is 0 Å². The van der Waals surface area contributed by atoms with Crippen molar-refractivity contribution >= 4 is 5.91 Å². The molecule has 0 bridgehead atoms. The van der Waals surface area contributed by atoms with Crippen molar-refractivity contribution in [2.24, 2.45) is 5.73 Å². The molecule has 1 aliphatic rings. The van der Waals surface area contributed by atoms with E-state index in [2.05, 4.69) is 18.7 Å². The van der Waals surface area contributed by atoms with E-state index in [0.717, 1.165) is 30.1 Å². The minimum atomic E-state index is -4.43. The molecule has 7 heteroatoms. The molecule has 1 aliphatic heterocycles. The van der Waals surface area contributed by atoms with Crippen molar-refractivity contribution in [2.45, 2.75) is 51.5 Å². The van der Waals surface area contributed by atoms with E-state index >= 15 is 0 Å². The number of halogens is 3. The number of piperidine rings is 1. The molecule has 140 valence electrons. The van der Waals surface area contributed by atoms with Gasteiger partial charge in [0.1, 0.15) is 6.04 Å². The lowest BCUT2D eigenvalue weighted by Crippen LogP contribution is -2.56. The number of likely N-dealkylation sites (tertiary alicyclic amines) is 1. The number of benzene rings is 1. The summed E-state index contributed by atoms with van der Waals surface area (Å²) in [5, 5.41) is 0. The summed E-state index contributed by atoms with van der Waals surface area (Å²) in [4.78, 5) is 15.7. The summed E-state index contributed by atoms with van der Waals surface area (Å²) in [7, 11) is 0. The van der Waals surface area contributed by atoms with Crippen LogP contribution in [0.1, 0.15) is 42.6 Å². The number of carbonyl (C=O) groups excluding carboxylic acids is 1. The van der Waals surface area contributed by atoms with Crippen molar-refractivity contribution in [2.75, 3.05) is 19.6 Å². The van der Waals surface area contributed by atoms with Gasteiger partial charge in [-0.3, -0.25) is 9.69 Å². The second-order valence-electron chi connectivity index (χ2n) is 6.51. The smallest absolute Gasteiger partial charge is 0.326 e. The van der Waals surface area contributed by atoms with Gasteiger partial charge in [-0.15, -0.1) is 0 Å². The SMILES string of the molecule is CCN(CC)Cc1ccc(C(=O)N2CC(N)CCC2C(F)(F)F)cc1. The summed E-state index contributed by atoms with van der Waals surface area (Å²) >= 11 is 0. The second kappa shape index (κ2) is 8.19. The van der Waals surface area contributed by atoms with Crippen LogP contribution in [0.4, 0.5) is 13.2 Å². The van der Waals surface area contributed by atoms with E-state index in [0.29, 0.717) is 0 Å². The van der Waals surface area contributed by atoms with Gasteiger partial charge in [-0.2, -0.15) is 13.2 Å². The van der Waals surface area contributed by atoms with Gasteiger partial charge in [-0.25, -0.2) is 0 Å². The molecule has 1 saturated heterocycles. The number of nitrogens with two attached hydrogens (primary N) is 1. The Hall–Kier alpha value is -1.60. The molecule has 1 aromatic carbocycles. The van der Waals surface area contributed by atoms with E-state index in [4.69, 9.17) is 5.73 Å². The molecule has 0 aromatic heterocycles. The molecular weight excluding hydrogens is 331 g/mol. The third-order valence-electron chi connectivity index (χ3n) is 4.76. The molecule has 1 heterocycles. The van der Waals surface area contributed by atoms with E-state index in [1.54, 1.807) is 24.3 Å². The van der Waals surface area contributed by atoms with E-state index < -0.39 is 24.2 Å². The third kappa shape index (κ3) is 4.95. The van der Waals surface area contributed by atoms with Gasteiger partial charge >= 0.3 is 6.18 Å². The molecule has 0 spiro atoms. The van der Waals surface area contributed by atoms with Gasteiger partial charge in [0.15, 0.2) is 0 Å². The second-order valence-corrected chi connectivity index (χ2v) is 6.51. The highest BCUT2D eigenvalue weighted by Crippen LogP contribution is 2.32. The largest absolute Gasteiger partial charge is 0.408 e. The number of hydrogen-bond donors (Lipinski definition) is 1. The fourth-order valence-electron chi connectivity index (χ4n) is 3.19. The van der Waals surface area contributed by atoms with E-state index in [1.165, 1.54) is 0 Å². The maximum atomic E-state index is 13.2. The first-order valence-electron chi connectivity index (χ1n) is 8.70. The Morgan fingerprint density at radius 3 is 2.32 bits per heavy atom. The summed E-state index contributed by atoms with van der Waals surface area (Å²) in [6.07, 6.45) is -4.30. The summed E-state index contributed by atoms with van der Waals surface area (Å²) < 4.78 is 39.7. The van der Waals surface area contributed by atoms with Gasteiger partial charge in [0.25, 0.3) is 5.91 Å². The Morgan fingerprint density at radius 2 is 1.80 bits per heavy atom. The Balaban J connectivity index is 2.15. The van der Waals surface area contributed by atoms with Crippen LogP contribution in [-0.2, 0) is 6.54 Å². The molecule has 25 heavy (non-hydrogen) atoms. The predicted molar refractivity (Wildman–Crippen MR) is 91.2 cm³/mol. The van der Waals surface area contributed by atoms with Gasteiger partial charge in [-0.05, 0) is 43.6 Å². The molecule has 2 atom stereocenters. The molecule has 0 aliphatic carbocycles. The fourth-order valence-corrected chi connectivity index (χ4v) is 3.19. The molecule has 2 rings (SSSR count). The molecule has 2 N–H and O–H groups in total. The average molecular weight is 357 g/mol. The molecule has 4 nitrogen and oxygen atoms in total. The minimum absolute atomic E-state index is 0.0653. The van der Waals surface area contributed by atoms with Gasteiger partial charge in [-0.1, -0.05) is 26.0 Å². The number of alkyl halides is 3. The van der Waals surface area contributed by atoms with Crippen LogP contribution in [0.3, 0.4) is 0 Å². The van der Waals surface area contributed by atoms with Crippen molar-refractivity contribution in [3.05, 3.63) is 35.4 Å². The lowest BCUT2D eigenvalue weighted by molar-refractivity contribution is -0.184. The van der Waals surface area contributed by atoms with E-state index in [9.17, 15) is 18.0 Å². The van der Waals surface area contributed by atoms with Crippen LogP contribution in [-0.4, -0.2) is 53.6 Å². The maximum absolute atomic E-state index is 13.2. The average Bonchev–Trinajstić information content (AvgIpc) is 2.58. The summed E-state index contributed by atoms with van der Waals surface area (Å²) in [6, 6.07) is 4.65. The first-order chi connectivity index (χ1) is 11.8.